The zero-order valence-corrected chi connectivity index (χ0v) is 16.5. The third kappa shape index (κ3) is 8.51. The first-order valence-corrected chi connectivity index (χ1v) is 8.55. The van der Waals surface area contributed by atoms with Crippen LogP contribution < -0.4 is 14.8 Å². The largest absolute Gasteiger partial charge is 0.573 e. The number of benzene rings is 1. The van der Waals surface area contributed by atoms with Crippen molar-refractivity contribution in [1.82, 2.24) is 5.32 Å². The topological polar surface area (TPSA) is 73.9 Å². The van der Waals surface area contributed by atoms with Gasteiger partial charge in [0.05, 0.1) is 12.6 Å². The Morgan fingerprint density at radius 3 is 2.36 bits per heavy atom. The van der Waals surface area contributed by atoms with Crippen LogP contribution in [0.15, 0.2) is 30.4 Å². The molecule has 0 aliphatic heterocycles. The average Bonchev–Trinajstić information content (AvgIpc) is 2.55. The molecular weight excluding hydrogens is 403 g/mol. The zero-order valence-electron chi connectivity index (χ0n) is 15.7. The second-order valence-electron chi connectivity index (χ2n) is 6.25. The highest BCUT2D eigenvalue weighted by Gasteiger charge is 2.32. The summed E-state index contributed by atoms with van der Waals surface area (Å²) < 4.78 is 51.0. The first kappa shape index (κ1) is 23.6. The number of amides is 1. The summed E-state index contributed by atoms with van der Waals surface area (Å²) in [6, 6.07) is 3.23. The minimum atomic E-state index is -4.89. The summed E-state index contributed by atoms with van der Waals surface area (Å²) in [5.74, 6) is -1.73. The number of ether oxygens (including phenoxy) is 3. The zero-order chi connectivity index (χ0) is 21.5. The summed E-state index contributed by atoms with van der Waals surface area (Å²) >= 11 is 5.80. The SMILES string of the molecule is CC[C@@H](Oc1cc(Cl)cc(OC(F)(F)F)c1)C(=O)NC(C)(C)/C=C/C(=O)OC. The van der Waals surface area contributed by atoms with Crippen LogP contribution in [0.2, 0.25) is 5.02 Å². The highest BCUT2D eigenvalue weighted by Crippen LogP contribution is 2.31. The van der Waals surface area contributed by atoms with Crippen molar-refractivity contribution < 1.29 is 37.0 Å². The lowest BCUT2D eigenvalue weighted by molar-refractivity contribution is -0.274. The number of nitrogens with one attached hydrogen (secondary N) is 1. The molecule has 156 valence electrons. The van der Waals surface area contributed by atoms with Crippen molar-refractivity contribution in [3.05, 3.63) is 35.4 Å². The number of methoxy groups -OCH3 is 1. The molecule has 1 amide bonds. The first-order chi connectivity index (χ1) is 12.8. The fourth-order valence-corrected chi connectivity index (χ4v) is 2.28. The molecule has 0 bridgehead atoms. The van der Waals surface area contributed by atoms with Crippen molar-refractivity contribution in [1.29, 1.82) is 0 Å². The van der Waals surface area contributed by atoms with Crippen LogP contribution in [0.4, 0.5) is 13.2 Å². The van der Waals surface area contributed by atoms with Gasteiger partial charge in [0.25, 0.3) is 5.91 Å². The predicted octanol–water partition coefficient (Wildman–Crippen LogP) is 4.02. The van der Waals surface area contributed by atoms with Crippen LogP contribution >= 0.6 is 11.6 Å². The summed E-state index contributed by atoms with van der Waals surface area (Å²) in [6.07, 6.45) is -3.06. The van der Waals surface area contributed by atoms with Gasteiger partial charge in [-0.2, -0.15) is 0 Å². The van der Waals surface area contributed by atoms with Gasteiger partial charge in [0.1, 0.15) is 11.5 Å². The molecule has 6 nitrogen and oxygen atoms in total. The normalized spacial score (nSPS) is 13.1. The fourth-order valence-electron chi connectivity index (χ4n) is 2.07. The number of carbonyl (C=O) groups excluding carboxylic acids is 2. The molecule has 0 aromatic heterocycles. The van der Waals surface area contributed by atoms with Crippen molar-refractivity contribution >= 4 is 23.5 Å². The number of rotatable bonds is 8. The molecule has 10 heteroatoms. The van der Waals surface area contributed by atoms with Crippen LogP contribution in [0.1, 0.15) is 27.2 Å². The Bertz CT molecular complexity index is 734. The second-order valence-corrected chi connectivity index (χ2v) is 6.69. The summed E-state index contributed by atoms with van der Waals surface area (Å²) in [7, 11) is 1.22. The summed E-state index contributed by atoms with van der Waals surface area (Å²) in [5.41, 5.74) is -0.902. The molecule has 0 saturated heterocycles. The van der Waals surface area contributed by atoms with E-state index in [9.17, 15) is 22.8 Å². The lowest BCUT2D eigenvalue weighted by Gasteiger charge is -2.26. The molecule has 28 heavy (non-hydrogen) atoms. The lowest BCUT2D eigenvalue weighted by Crippen LogP contribution is -2.48. The molecular formula is C18H21ClF3NO5. The molecule has 1 aromatic rings. The minimum absolute atomic E-state index is 0.0478. The van der Waals surface area contributed by atoms with Crippen molar-refractivity contribution in [2.24, 2.45) is 0 Å². The molecule has 0 aliphatic carbocycles. The van der Waals surface area contributed by atoms with Gasteiger partial charge in [-0.15, -0.1) is 13.2 Å². The van der Waals surface area contributed by atoms with Crippen molar-refractivity contribution in [3.8, 4) is 11.5 Å². The minimum Gasteiger partial charge on any atom is -0.480 e. The van der Waals surface area contributed by atoms with Gasteiger partial charge in [0, 0.05) is 17.2 Å². The van der Waals surface area contributed by atoms with Gasteiger partial charge in [0.15, 0.2) is 6.10 Å². The molecule has 0 fully saturated rings. The van der Waals surface area contributed by atoms with E-state index in [2.05, 4.69) is 14.8 Å². The van der Waals surface area contributed by atoms with Crippen LogP contribution in [-0.2, 0) is 14.3 Å². The fraction of sp³-hybridized carbons (Fsp3) is 0.444. The molecule has 0 spiro atoms. The van der Waals surface area contributed by atoms with Gasteiger partial charge in [0.2, 0.25) is 0 Å². The van der Waals surface area contributed by atoms with Crippen molar-refractivity contribution in [2.75, 3.05) is 7.11 Å². The van der Waals surface area contributed by atoms with E-state index in [1.807, 2.05) is 0 Å². The van der Waals surface area contributed by atoms with E-state index in [4.69, 9.17) is 16.3 Å². The summed E-state index contributed by atoms with van der Waals surface area (Å²) in [5, 5.41) is 2.62. The highest BCUT2D eigenvalue weighted by molar-refractivity contribution is 6.30. The van der Waals surface area contributed by atoms with Gasteiger partial charge >= 0.3 is 12.3 Å². The van der Waals surface area contributed by atoms with E-state index in [1.54, 1.807) is 20.8 Å². The first-order valence-electron chi connectivity index (χ1n) is 8.17. The standard InChI is InChI=1S/C18H21ClF3NO5/c1-5-14(16(25)23-17(2,3)7-6-15(24)26-4)27-12-8-11(19)9-13(10-12)28-18(20,21)22/h6-10,14H,5H2,1-4H3,(H,23,25)/b7-6+/t14-/m1/s1. The Labute approximate surface area is 165 Å². The van der Waals surface area contributed by atoms with Gasteiger partial charge in [-0.05, 0) is 32.4 Å². The smallest absolute Gasteiger partial charge is 0.480 e. The van der Waals surface area contributed by atoms with Gasteiger partial charge in [-0.25, -0.2) is 4.79 Å². The van der Waals surface area contributed by atoms with Crippen LogP contribution in [0.25, 0.3) is 0 Å². The van der Waals surface area contributed by atoms with E-state index in [0.717, 1.165) is 12.1 Å². The van der Waals surface area contributed by atoms with Gasteiger partial charge < -0.3 is 19.5 Å². The van der Waals surface area contributed by atoms with Crippen LogP contribution in [0.3, 0.4) is 0 Å². The van der Waals surface area contributed by atoms with Crippen molar-refractivity contribution in [2.45, 2.75) is 45.2 Å². The number of hydrogen-bond donors (Lipinski definition) is 1. The Balaban J connectivity index is 2.90. The molecule has 1 rings (SSSR count). The maximum Gasteiger partial charge on any atom is 0.573 e. The van der Waals surface area contributed by atoms with Gasteiger partial charge in [-0.3, -0.25) is 4.79 Å². The van der Waals surface area contributed by atoms with Crippen LogP contribution in [0, 0.1) is 0 Å². The molecule has 0 heterocycles. The summed E-state index contributed by atoms with van der Waals surface area (Å²) in [6.45, 7) is 4.96. The maximum atomic E-state index is 12.5. The average molecular weight is 424 g/mol. The molecule has 0 aliphatic rings. The van der Waals surface area contributed by atoms with Crippen LogP contribution in [0.5, 0.6) is 11.5 Å². The molecule has 0 unspecified atom stereocenters. The molecule has 1 N–H and O–H groups in total. The van der Waals surface area contributed by atoms with Gasteiger partial charge in [-0.1, -0.05) is 24.6 Å². The third-order valence-corrected chi connectivity index (χ3v) is 3.52. The Kier molecular flexibility index (Phi) is 8.16. The number of carbonyl (C=O) groups is 2. The third-order valence-electron chi connectivity index (χ3n) is 3.30. The molecule has 1 atom stereocenters. The molecule has 0 saturated carbocycles. The van der Waals surface area contributed by atoms with E-state index in [0.29, 0.717) is 0 Å². The quantitative estimate of drug-likeness (QED) is 0.505. The van der Waals surface area contributed by atoms with E-state index < -0.39 is 35.6 Å². The van der Waals surface area contributed by atoms with Crippen molar-refractivity contribution in [3.63, 3.8) is 0 Å². The van der Waals surface area contributed by atoms with E-state index >= 15 is 0 Å². The Morgan fingerprint density at radius 2 is 1.82 bits per heavy atom. The number of esters is 1. The van der Waals surface area contributed by atoms with Crippen LogP contribution in [-0.4, -0.2) is 37.0 Å². The number of alkyl halides is 3. The number of hydrogen-bond acceptors (Lipinski definition) is 5. The molecule has 0 radical (unpaired) electrons. The highest BCUT2D eigenvalue weighted by atomic mass is 35.5. The molecule has 1 aromatic carbocycles. The lowest BCUT2D eigenvalue weighted by atomic mass is 10.0. The number of halogens is 4. The monoisotopic (exact) mass is 423 g/mol. The van der Waals surface area contributed by atoms with E-state index in [1.165, 1.54) is 25.3 Å². The van der Waals surface area contributed by atoms with E-state index in [-0.39, 0.29) is 17.2 Å². The predicted molar refractivity (Wildman–Crippen MR) is 96.2 cm³/mol. The summed E-state index contributed by atoms with van der Waals surface area (Å²) in [4.78, 5) is 23.7. The maximum absolute atomic E-state index is 12.5. The Morgan fingerprint density at radius 1 is 1.21 bits per heavy atom. The second kappa shape index (κ2) is 9.68. The Hall–Kier alpha value is -2.42.